The lowest BCUT2D eigenvalue weighted by molar-refractivity contribution is 0.0698. The van der Waals surface area contributed by atoms with Crippen LogP contribution in [0.4, 0.5) is 0 Å². The van der Waals surface area contributed by atoms with Gasteiger partial charge in [0.2, 0.25) is 0 Å². The van der Waals surface area contributed by atoms with Crippen molar-refractivity contribution < 1.29 is 19.4 Å². The fraction of sp³-hybridized carbons (Fsp3) is 0.0476. The van der Waals surface area contributed by atoms with Crippen molar-refractivity contribution in [1.29, 1.82) is 0 Å². The number of benzene rings is 3. The molecule has 0 radical (unpaired) electrons. The third-order valence-corrected chi connectivity index (χ3v) is 9.59. The number of carbonyl (C=O) groups is 1. The van der Waals surface area contributed by atoms with Gasteiger partial charge >= 0.3 is 5.97 Å². The molecular weight excluding hydrogens is 855 g/mol. The number of carboxylic acid groups (broad SMARTS) is 1. The van der Waals surface area contributed by atoms with E-state index in [-0.39, 0.29) is 53.7 Å². The monoisotopic (exact) mass is 860 g/mol. The fourth-order valence-electron chi connectivity index (χ4n) is 3.49. The summed E-state index contributed by atoms with van der Waals surface area (Å²) in [6.07, 6.45) is 0. The molecule has 33 heavy (non-hydrogen) atoms. The minimum atomic E-state index is -1.37. The zero-order valence-electron chi connectivity index (χ0n) is 15.9. The van der Waals surface area contributed by atoms with Crippen LogP contribution in [0.25, 0.3) is 33.4 Å². The van der Waals surface area contributed by atoms with Crippen LogP contribution in [0.2, 0.25) is 20.1 Å². The third kappa shape index (κ3) is 4.01. The summed E-state index contributed by atoms with van der Waals surface area (Å²) in [5.74, 6) is -1.17. The van der Waals surface area contributed by atoms with Crippen molar-refractivity contribution in [3.63, 3.8) is 0 Å². The molecule has 0 bridgehead atoms. The molecule has 5 nitrogen and oxygen atoms in total. The number of aromatic hydroxyl groups is 1. The first-order chi connectivity index (χ1) is 15.4. The molecule has 0 saturated carbocycles. The van der Waals surface area contributed by atoms with Crippen LogP contribution in [0.1, 0.15) is 15.9 Å². The highest BCUT2D eigenvalue weighted by molar-refractivity contribution is 14.1. The molecule has 0 saturated heterocycles. The van der Waals surface area contributed by atoms with E-state index in [4.69, 9.17) is 50.8 Å². The smallest absolute Gasteiger partial charge is 0.337 e. The first-order valence-electron chi connectivity index (χ1n) is 8.74. The van der Waals surface area contributed by atoms with Crippen LogP contribution in [0, 0.1) is 17.6 Å². The van der Waals surface area contributed by atoms with E-state index in [1.165, 1.54) is 0 Å². The highest BCUT2D eigenvalue weighted by atomic mass is 127. The van der Waals surface area contributed by atoms with Gasteiger partial charge < -0.3 is 14.6 Å². The number of rotatable bonds is 2. The van der Waals surface area contributed by atoms with Gasteiger partial charge in [0.25, 0.3) is 0 Å². The Balaban J connectivity index is 2.43. The Morgan fingerprint density at radius 2 is 1.55 bits per heavy atom. The maximum Gasteiger partial charge on any atom is 0.337 e. The van der Waals surface area contributed by atoms with Gasteiger partial charge in [-0.05, 0) is 92.4 Å². The molecule has 2 aliphatic rings. The lowest BCUT2D eigenvalue weighted by atomic mass is 9.89. The molecule has 0 spiro atoms. The second-order valence-electron chi connectivity index (χ2n) is 6.90. The Bertz CT molecular complexity index is 1570. The molecule has 1 aliphatic carbocycles. The third-order valence-electron chi connectivity index (χ3n) is 4.99. The van der Waals surface area contributed by atoms with Crippen LogP contribution in [-0.2, 0) is 0 Å². The highest BCUT2D eigenvalue weighted by Crippen LogP contribution is 2.52. The number of fused-ring (bicyclic) bond motifs is 2. The van der Waals surface area contributed by atoms with Crippen molar-refractivity contribution in [3.05, 3.63) is 64.3 Å². The molecule has 2 N–H and O–H groups in total. The number of aryl methyl sites for hydroxylation is 1. The number of hydrogen-bond acceptors (Lipinski definition) is 4. The Morgan fingerprint density at radius 3 is 2.15 bits per heavy atom. The second-order valence-corrected chi connectivity index (χ2v) is 11.7. The Hall–Kier alpha value is -0.250. The Labute approximate surface area is 247 Å². The maximum atomic E-state index is 12.7. The van der Waals surface area contributed by atoms with E-state index in [2.05, 4.69) is 0 Å². The average molecular weight is 862 g/mol. The molecule has 1 heterocycles. The highest BCUT2D eigenvalue weighted by Gasteiger charge is 2.32. The van der Waals surface area contributed by atoms with Gasteiger partial charge in [-0.2, -0.15) is 0 Å². The first-order valence-corrected chi connectivity index (χ1v) is 13.5. The molecular formula is C21H7Cl4I3O5. The summed E-state index contributed by atoms with van der Waals surface area (Å²) < 4.78 is 7.26. The van der Waals surface area contributed by atoms with Gasteiger partial charge in [0.15, 0.2) is 16.8 Å². The number of hydrogen-bond donors (Lipinski definition) is 2. The quantitative estimate of drug-likeness (QED) is 0.0913. The predicted octanol–water partition coefficient (Wildman–Crippen LogP) is 8.70. The minimum Gasteiger partial charge on any atom is -0.506 e. The zero-order valence-corrected chi connectivity index (χ0v) is 25.4. The lowest BCUT2D eigenvalue weighted by Gasteiger charge is -2.21. The summed E-state index contributed by atoms with van der Waals surface area (Å²) in [4.78, 5) is 25.0. The van der Waals surface area contributed by atoms with Gasteiger partial charge in [0.05, 0.1) is 32.8 Å². The van der Waals surface area contributed by atoms with Crippen LogP contribution in [0.5, 0.6) is 5.75 Å². The molecule has 4 rings (SSSR count). The average Bonchev–Trinajstić information content (AvgIpc) is 2.76. The van der Waals surface area contributed by atoms with Crippen LogP contribution in [0.15, 0.2) is 21.3 Å². The van der Waals surface area contributed by atoms with Crippen molar-refractivity contribution in [2.45, 2.75) is 6.92 Å². The van der Waals surface area contributed by atoms with Gasteiger partial charge in [-0.3, -0.25) is 4.79 Å². The standard InChI is InChI=1S/C21H7Cl4I3O5/c1-4-2-5-8(9-10(21(31)32)12(23)14(25)13(24)11(9)22)6-3-7(26)18(30)16(28)20(6)33-19(5)15(27)17(4)29/h2-3,30H,1H3,(H,31,32). The zero-order chi connectivity index (χ0) is 24.5. The number of phenols is 1. The van der Waals surface area contributed by atoms with Gasteiger partial charge in [0.1, 0.15) is 9.32 Å². The van der Waals surface area contributed by atoms with Crippen LogP contribution < -0.4 is 5.43 Å². The van der Waals surface area contributed by atoms with Gasteiger partial charge in [-0.25, -0.2) is 4.79 Å². The van der Waals surface area contributed by atoms with Crippen molar-refractivity contribution in [3.8, 4) is 28.2 Å². The lowest BCUT2D eigenvalue weighted by Crippen LogP contribution is -2.12. The molecule has 2 aromatic carbocycles. The Morgan fingerprint density at radius 1 is 0.939 bits per heavy atom. The van der Waals surface area contributed by atoms with Crippen LogP contribution in [0.3, 0.4) is 0 Å². The van der Waals surface area contributed by atoms with Crippen molar-refractivity contribution in [1.82, 2.24) is 0 Å². The summed E-state index contributed by atoms with van der Waals surface area (Å²) in [5, 5.41) is 20.3. The molecule has 0 amide bonds. The van der Waals surface area contributed by atoms with Gasteiger partial charge in [-0.15, -0.1) is 0 Å². The van der Waals surface area contributed by atoms with E-state index >= 15 is 0 Å². The maximum absolute atomic E-state index is 12.7. The Kier molecular flexibility index (Phi) is 7.30. The molecule has 170 valence electrons. The molecule has 0 aromatic heterocycles. The van der Waals surface area contributed by atoms with E-state index in [1.54, 1.807) is 19.1 Å². The SMILES string of the molecule is Cc1cc2c(-c3c(Cl)c(Cl)c(Cl)c(Cl)c3C(=O)O)c3cc(I)c(O)c(I)c3oc-2c(I)c1=O. The molecule has 0 unspecified atom stereocenters. The summed E-state index contributed by atoms with van der Waals surface area (Å²) in [7, 11) is 0. The normalized spacial score (nSPS) is 11.5. The van der Waals surface area contributed by atoms with Gasteiger partial charge in [-0.1, -0.05) is 46.4 Å². The van der Waals surface area contributed by atoms with E-state index in [9.17, 15) is 19.8 Å². The largest absolute Gasteiger partial charge is 0.506 e. The van der Waals surface area contributed by atoms with E-state index < -0.39 is 5.97 Å². The number of halogens is 7. The molecule has 0 fully saturated rings. The predicted molar refractivity (Wildman–Crippen MR) is 156 cm³/mol. The van der Waals surface area contributed by atoms with Crippen molar-refractivity contribution in [2.24, 2.45) is 0 Å². The first kappa shape index (κ1) is 25.8. The molecule has 12 heteroatoms. The molecule has 1 aliphatic heterocycles. The summed E-state index contributed by atoms with van der Waals surface area (Å²) in [6, 6.07) is 3.24. The second kappa shape index (κ2) is 9.32. The fourth-order valence-corrected chi connectivity index (χ4v) is 7.13. The molecule has 2 aromatic rings. The van der Waals surface area contributed by atoms with Crippen molar-refractivity contribution >= 4 is 131 Å². The van der Waals surface area contributed by atoms with Crippen molar-refractivity contribution in [2.75, 3.05) is 0 Å². The van der Waals surface area contributed by atoms with Gasteiger partial charge in [0, 0.05) is 22.1 Å². The van der Waals surface area contributed by atoms with E-state index in [1.807, 2.05) is 67.8 Å². The van der Waals surface area contributed by atoms with Crippen LogP contribution >= 0.6 is 114 Å². The van der Waals surface area contributed by atoms with Crippen LogP contribution in [-0.4, -0.2) is 16.2 Å². The molecule has 0 atom stereocenters. The topological polar surface area (TPSA) is 87.7 Å². The summed E-state index contributed by atoms with van der Waals surface area (Å²) >= 11 is 31.2. The summed E-state index contributed by atoms with van der Waals surface area (Å²) in [6.45, 7) is 1.64. The van der Waals surface area contributed by atoms with E-state index in [0.717, 1.165) is 0 Å². The summed E-state index contributed by atoms with van der Waals surface area (Å²) in [5.41, 5.74) is 0.879. The number of carboxylic acids is 1. The number of phenolic OH excluding ortho intramolecular Hbond substituents is 1. The number of aromatic carboxylic acids is 1. The van der Waals surface area contributed by atoms with E-state index in [0.29, 0.717) is 32.8 Å². The minimum absolute atomic E-state index is 0.0149.